The molecule has 4 aliphatic rings. The van der Waals surface area contributed by atoms with Crippen LogP contribution < -0.4 is 5.32 Å². The minimum atomic E-state index is -0.0402. The molecule has 0 bridgehead atoms. The van der Waals surface area contributed by atoms with E-state index in [0.717, 1.165) is 51.1 Å². The lowest BCUT2D eigenvalue weighted by molar-refractivity contribution is -0.180. The number of likely N-dealkylation sites (tertiary alicyclic amines) is 2. The highest BCUT2D eigenvalue weighted by atomic mass is 16.6. The molecule has 2 amide bonds. The maximum atomic E-state index is 12.8. The molecule has 4 rings (SSSR count). The molecule has 1 N–H and O–H groups in total. The highest BCUT2D eigenvalue weighted by Crippen LogP contribution is 2.39. The van der Waals surface area contributed by atoms with Gasteiger partial charge in [0.15, 0.2) is 0 Å². The van der Waals surface area contributed by atoms with E-state index in [9.17, 15) is 14.4 Å². The fraction of sp³-hybridized carbons (Fsp3) is 0.958. The van der Waals surface area contributed by atoms with Crippen LogP contribution in [0.1, 0.15) is 296 Å². The average molecular weight is 1130 g/mol. The summed E-state index contributed by atoms with van der Waals surface area (Å²) in [7, 11) is 0. The Balaban J connectivity index is 0.000000534. The van der Waals surface area contributed by atoms with Crippen molar-refractivity contribution in [1.82, 2.24) is 15.1 Å². The molecule has 9 heteroatoms. The van der Waals surface area contributed by atoms with E-state index in [-0.39, 0.29) is 58.0 Å². The number of rotatable bonds is 23. The molecule has 4 unspecified atom stereocenters. The van der Waals surface area contributed by atoms with Crippen molar-refractivity contribution in [3.8, 4) is 0 Å². The van der Waals surface area contributed by atoms with Crippen LogP contribution in [0.4, 0.5) is 0 Å². The average Bonchev–Trinajstić information content (AvgIpc) is 3.74. The molecule has 0 aliphatic carbocycles. The van der Waals surface area contributed by atoms with Crippen LogP contribution in [0.15, 0.2) is 0 Å². The zero-order chi connectivity index (χ0) is 61.8. The van der Waals surface area contributed by atoms with Gasteiger partial charge in [0.05, 0.1) is 38.4 Å². The van der Waals surface area contributed by atoms with Crippen LogP contribution in [0.5, 0.6) is 0 Å². The van der Waals surface area contributed by atoms with E-state index >= 15 is 0 Å². The Morgan fingerprint density at radius 1 is 0.487 bits per heavy atom. The summed E-state index contributed by atoms with van der Waals surface area (Å²) in [5.74, 6) is 1.69. The lowest BCUT2D eigenvalue weighted by Crippen LogP contribution is -2.58. The van der Waals surface area contributed by atoms with Gasteiger partial charge in [-0.1, -0.05) is 231 Å². The number of hydrogen-bond donors (Lipinski definition) is 1. The highest BCUT2D eigenvalue weighted by Gasteiger charge is 2.43. The van der Waals surface area contributed by atoms with Crippen molar-refractivity contribution < 1.29 is 28.6 Å². The Morgan fingerprint density at radius 2 is 0.850 bits per heavy atom. The van der Waals surface area contributed by atoms with Gasteiger partial charge in [-0.3, -0.25) is 14.4 Å². The van der Waals surface area contributed by atoms with Gasteiger partial charge in [-0.15, -0.1) is 0 Å². The van der Waals surface area contributed by atoms with Crippen LogP contribution in [0, 0.1) is 72.4 Å². The molecule has 0 aromatic carbocycles. The van der Waals surface area contributed by atoms with E-state index in [4.69, 9.17) is 14.2 Å². The molecule has 0 radical (unpaired) electrons. The van der Waals surface area contributed by atoms with E-state index in [0.29, 0.717) is 64.8 Å². The number of esters is 1. The molecule has 4 heterocycles. The van der Waals surface area contributed by atoms with Gasteiger partial charge < -0.3 is 29.3 Å². The van der Waals surface area contributed by atoms with Gasteiger partial charge in [0, 0.05) is 31.5 Å². The standard InChI is InChI=1S/C19H37NO.C18H37N.C17H33NO2.C17H32O3/c1-17(2,3)12-10-9-11-15(18(4,5)6)16(21)20-13-19(7,8)14-20;1-17(2,3)12-8-7-11-16(18(4,5)6)15-19-13-9-10-14-19;1-16(2,3)10-8-7-9-14(17(4,5)6)15(19)18-13-11-20-12-13;1-16(2,3)10-8-7-9-14(17(4,5)6)15(18)20-13-11-19-12-13/h15H,9-14H2,1-8H3;16H,7-15H2,1-6H3;13-14H,7-12H2,1-6H3,(H,18,19);13-14H,7-12H2,1-6H3. The summed E-state index contributed by atoms with van der Waals surface area (Å²) in [6.45, 7) is 67.2. The molecule has 0 saturated carbocycles. The molecule has 474 valence electrons. The maximum Gasteiger partial charge on any atom is 0.309 e. The second-order valence-corrected chi connectivity index (χ2v) is 35.8. The number of amides is 2. The first-order valence-electron chi connectivity index (χ1n) is 32.9. The van der Waals surface area contributed by atoms with Crippen LogP contribution in [0.2, 0.25) is 0 Å². The zero-order valence-electron chi connectivity index (χ0n) is 58.4. The molecule has 0 aromatic rings. The summed E-state index contributed by atoms with van der Waals surface area (Å²) in [5, 5.41) is 3.12. The SMILES string of the molecule is CC(C)(C)CCCCC(C(=O)N1CC(C)(C)C1)C(C)(C)C.CC(C)(C)CCCCC(C(=O)NC1COC1)C(C)(C)C.CC(C)(C)CCCCC(C(=O)OC1COC1)C(C)(C)C.CC(C)(C)CCCCC(CN1CCCC1)C(C)(C)C. The van der Waals surface area contributed by atoms with Gasteiger partial charge in [0.1, 0.15) is 6.10 Å². The van der Waals surface area contributed by atoms with Crippen LogP contribution in [-0.4, -0.2) is 98.9 Å². The van der Waals surface area contributed by atoms with E-state index in [1.54, 1.807) is 0 Å². The number of hydrogen-bond acceptors (Lipinski definition) is 7. The quantitative estimate of drug-likeness (QED) is 0.0804. The van der Waals surface area contributed by atoms with Crippen molar-refractivity contribution in [1.29, 1.82) is 0 Å². The van der Waals surface area contributed by atoms with Gasteiger partial charge in [-0.05, 0) is 132 Å². The third-order valence-corrected chi connectivity index (χ3v) is 17.1. The highest BCUT2D eigenvalue weighted by molar-refractivity contribution is 5.80. The van der Waals surface area contributed by atoms with E-state index in [2.05, 4.69) is 195 Å². The molecule has 4 fully saturated rings. The van der Waals surface area contributed by atoms with Gasteiger partial charge in [0.2, 0.25) is 11.8 Å². The summed E-state index contributed by atoms with van der Waals surface area (Å²) in [4.78, 5) is 42.3. The molecular weight excluding hydrogens is 991 g/mol. The summed E-state index contributed by atoms with van der Waals surface area (Å²) in [5.41, 5.74) is 2.52. The van der Waals surface area contributed by atoms with Crippen molar-refractivity contribution in [3.05, 3.63) is 0 Å². The topological polar surface area (TPSA) is 97.4 Å². The Morgan fingerprint density at radius 3 is 1.16 bits per heavy atom. The molecule has 9 nitrogen and oxygen atoms in total. The second kappa shape index (κ2) is 33.3. The summed E-state index contributed by atoms with van der Waals surface area (Å²) in [6, 6.07) is 0.238. The number of unbranched alkanes of at least 4 members (excludes halogenated alkanes) is 4. The number of nitrogens with zero attached hydrogens (tertiary/aromatic N) is 2. The fourth-order valence-corrected chi connectivity index (χ4v) is 11.4. The minimum Gasteiger partial charge on any atom is -0.457 e. The van der Waals surface area contributed by atoms with Crippen molar-refractivity contribution in [2.75, 3.05) is 59.2 Å². The van der Waals surface area contributed by atoms with Gasteiger partial charge in [0.25, 0.3) is 0 Å². The normalized spacial score (nSPS) is 19.2. The molecule has 4 saturated heterocycles. The van der Waals surface area contributed by atoms with Gasteiger partial charge in [-0.25, -0.2) is 0 Å². The molecule has 80 heavy (non-hydrogen) atoms. The summed E-state index contributed by atoms with van der Waals surface area (Å²) in [6.07, 6.45) is 22.0. The van der Waals surface area contributed by atoms with Gasteiger partial charge >= 0.3 is 5.97 Å². The molecule has 4 atom stereocenters. The monoisotopic (exact) mass is 1130 g/mol. The first-order chi connectivity index (χ1) is 36.2. The smallest absolute Gasteiger partial charge is 0.309 e. The predicted molar refractivity (Wildman–Crippen MR) is 343 cm³/mol. The Hall–Kier alpha value is -1.71. The first kappa shape index (κ1) is 76.3. The van der Waals surface area contributed by atoms with Crippen molar-refractivity contribution in [3.63, 3.8) is 0 Å². The molecule has 4 aliphatic heterocycles. The summed E-state index contributed by atoms with van der Waals surface area (Å²) >= 11 is 0. The lowest BCUT2D eigenvalue weighted by atomic mass is 9.74. The third-order valence-electron chi connectivity index (χ3n) is 17.1. The molecular formula is C71H139N3O6. The van der Waals surface area contributed by atoms with E-state index in [1.165, 1.54) is 103 Å². The van der Waals surface area contributed by atoms with Crippen molar-refractivity contribution >= 4 is 17.8 Å². The molecule has 0 spiro atoms. The zero-order valence-corrected chi connectivity index (χ0v) is 58.4. The number of nitrogens with one attached hydrogen (secondary N) is 1. The lowest BCUT2D eigenvalue weighted by Gasteiger charge is -2.48. The van der Waals surface area contributed by atoms with E-state index < -0.39 is 0 Å². The van der Waals surface area contributed by atoms with Crippen molar-refractivity contribution in [2.24, 2.45) is 72.4 Å². The second-order valence-electron chi connectivity index (χ2n) is 35.8. The van der Waals surface area contributed by atoms with Crippen LogP contribution >= 0.6 is 0 Å². The third kappa shape index (κ3) is 34.9. The number of carbonyl (C=O) groups is 3. The summed E-state index contributed by atoms with van der Waals surface area (Å²) < 4.78 is 15.7. The first-order valence-corrected chi connectivity index (χ1v) is 32.9. The maximum absolute atomic E-state index is 12.8. The van der Waals surface area contributed by atoms with Gasteiger partial charge in [-0.2, -0.15) is 0 Å². The largest absolute Gasteiger partial charge is 0.457 e. The van der Waals surface area contributed by atoms with E-state index in [1.807, 2.05) is 0 Å². The Bertz CT molecular complexity index is 1650. The number of ether oxygens (including phenoxy) is 3. The van der Waals surface area contributed by atoms with Crippen LogP contribution in [0.3, 0.4) is 0 Å². The minimum absolute atomic E-state index is 0.0110. The Labute approximate surface area is 498 Å². The van der Waals surface area contributed by atoms with Crippen LogP contribution in [-0.2, 0) is 28.6 Å². The fourth-order valence-electron chi connectivity index (χ4n) is 11.4. The van der Waals surface area contributed by atoms with Crippen LogP contribution in [0.25, 0.3) is 0 Å². The Kier molecular flexibility index (Phi) is 31.7. The number of carbonyl (C=O) groups excluding carboxylic acids is 3. The predicted octanol–water partition coefficient (Wildman–Crippen LogP) is 18.4. The molecule has 0 aromatic heterocycles. The van der Waals surface area contributed by atoms with Crippen molar-refractivity contribution in [2.45, 2.75) is 308 Å².